The summed E-state index contributed by atoms with van der Waals surface area (Å²) in [5.41, 5.74) is 12.4. The molecule has 0 fully saturated rings. The van der Waals surface area contributed by atoms with Gasteiger partial charge < -0.3 is 9.32 Å². The van der Waals surface area contributed by atoms with E-state index in [1.807, 2.05) is 18.2 Å². The van der Waals surface area contributed by atoms with Gasteiger partial charge in [-0.15, -0.1) is 0 Å². The van der Waals surface area contributed by atoms with E-state index >= 15 is 0 Å². The van der Waals surface area contributed by atoms with E-state index in [0.717, 1.165) is 44.9 Å². The van der Waals surface area contributed by atoms with Crippen molar-refractivity contribution in [3.8, 4) is 44.7 Å². The third-order valence-electron chi connectivity index (χ3n) is 11.4. The molecule has 0 spiro atoms. The smallest absolute Gasteiger partial charge is 0.135 e. The number of furan rings is 1. The van der Waals surface area contributed by atoms with Crippen molar-refractivity contribution in [2.45, 2.75) is 0 Å². The Kier molecular flexibility index (Phi) is 8.19. The minimum atomic E-state index is 0.879. The zero-order valence-electron chi connectivity index (χ0n) is 31.7. The van der Waals surface area contributed by atoms with Crippen molar-refractivity contribution < 1.29 is 4.42 Å². The molecule has 0 saturated carbocycles. The van der Waals surface area contributed by atoms with Gasteiger partial charge in [-0.05, 0) is 132 Å². The van der Waals surface area contributed by atoms with Crippen LogP contribution >= 0.6 is 0 Å². The minimum Gasteiger partial charge on any atom is -0.456 e. The highest BCUT2D eigenvalue weighted by atomic mass is 16.3. The molecular formula is C56H37NO. The molecule has 1 aromatic heterocycles. The fraction of sp³-hybridized carbons (Fsp3) is 0. The molecule has 0 bridgehead atoms. The molecule has 0 unspecified atom stereocenters. The fourth-order valence-corrected chi connectivity index (χ4v) is 8.41. The normalized spacial score (nSPS) is 11.4. The summed E-state index contributed by atoms with van der Waals surface area (Å²) >= 11 is 0. The van der Waals surface area contributed by atoms with Crippen LogP contribution in [0.3, 0.4) is 0 Å². The predicted molar refractivity (Wildman–Crippen MR) is 245 cm³/mol. The third kappa shape index (κ3) is 6.18. The molecule has 2 nitrogen and oxygen atoms in total. The van der Waals surface area contributed by atoms with Crippen LogP contribution in [0.25, 0.3) is 88.0 Å². The lowest BCUT2D eigenvalue weighted by atomic mass is 9.97. The molecule has 2 heteroatoms. The van der Waals surface area contributed by atoms with Crippen LogP contribution in [0.15, 0.2) is 229 Å². The van der Waals surface area contributed by atoms with Crippen molar-refractivity contribution in [2.75, 3.05) is 4.90 Å². The molecule has 0 aliphatic heterocycles. The van der Waals surface area contributed by atoms with Crippen molar-refractivity contribution in [1.29, 1.82) is 0 Å². The molecule has 272 valence electrons. The SMILES string of the molecule is c1cc(-c2ccc3cc(N(c4ccc(-c5ccc6ccccc6c5)cc4)c4ccc(-c5cccc6ccccc56)cc4)ccc3c2)cc(-c2cc3ccccc3o2)c1. The number of hydrogen-bond acceptors (Lipinski definition) is 2. The van der Waals surface area contributed by atoms with Crippen LogP contribution in [0.2, 0.25) is 0 Å². The Labute approximate surface area is 337 Å². The van der Waals surface area contributed by atoms with Gasteiger partial charge in [0.1, 0.15) is 11.3 Å². The Morgan fingerprint density at radius 3 is 1.59 bits per heavy atom. The van der Waals surface area contributed by atoms with Crippen molar-refractivity contribution in [1.82, 2.24) is 0 Å². The number of fused-ring (bicyclic) bond motifs is 4. The summed E-state index contributed by atoms with van der Waals surface area (Å²) in [5.74, 6) is 0.879. The maximum absolute atomic E-state index is 6.21. The predicted octanol–water partition coefficient (Wildman–Crippen LogP) is 16.0. The Morgan fingerprint density at radius 1 is 0.276 bits per heavy atom. The molecule has 0 radical (unpaired) electrons. The summed E-state index contributed by atoms with van der Waals surface area (Å²) in [7, 11) is 0. The van der Waals surface area contributed by atoms with Crippen molar-refractivity contribution >= 4 is 60.3 Å². The van der Waals surface area contributed by atoms with Gasteiger partial charge in [0.2, 0.25) is 0 Å². The monoisotopic (exact) mass is 739 g/mol. The number of hydrogen-bond donors (Lipinski definition) is 0. The molecule has 1 heterocycles. The first-order chi connectivity index (χ1) is 28.7. The second kappa shape index (κ2) is 14.1. The van der Waals surface area contributed by atoms with Gasteiger partial charge in [-0.25, -0.2) is 0 Å². The molecular weight excluding hydrogens is 703 g/mol. The van der Waals surface area contributed by atoms with Gasteiger partial charge in [0.15, 0.2) is 0 Å². The van der Waals surface area contributed by atoms with E-state index in [9.17, 15) is 0 Å². The van der Waals surface area contributed by atoms with Crippen LogP contribution < -0.4 is 4.90 Å². The highest BCUT2D eigenvalue weighted by Crippen LogP contribution is 2.40. The maximum Gasteiger partial charge on any atom is 0.135 e. The highest BCUT2D eigenvalue weighted by Gasteiger charge is 2.16. The zero-order valence-corrected chi connectivity index (χ0v) is 31.7. The highest BCUT2D eigenvalue weighted by molar-refractivity contribution is 5.98. The average Bonchev–Trinajstić information content (AvgIpc) is 3.74. The molecule has 11 aromatic rings. The zero-order chi connectivity index (χ0) is 38.4. The van der Waals surface area contributed by atoms with E-state index in [2.05, 4.69) is 211 Å². The van der Waals surface area contributed by atoms with E-state index in [0.29, 0.717) is 0 Å². The van der Waals surface area contributed by atoms with Gasteiger partial charge in [0.05, 0.1) is 0 Å². The standard InChI is InChI=1S/C56H37NO/c1-2-11-42-33-44(20-19-38(42)9-1)39-23-28-50(29-24-39)57(51-30-25-41(26-31-51)54-17-8-13-40-10-3-5-16-53(40)54)52-32-27-46-34-45(21-22-47(46)36-52)43-14-7-15-48(35-43)56-37-49-12-4-6-18-55(49)58-56/h1-37H. The lowest BCUT2D eigenvalue weighted by Crippen LogP contribution is -2.09. The first kappa shape index (κ1) is 33.6. The third-order valence-corrected chi connectivity index (χ3v) is 11.4. The summed E-state index contributed by atoms with van der Waals surface area (Å²) in [6.45, 7) is 0. The first-order valence-electron chi connectivity index (χ1n) is 19.8. The summed E-state index contributed by atoms with van der Waals surface area (Å²) in [4.78, 5) is 2.36. The molecule has 11 rings (SSSR count). The molecule has 0 aliphatic carbocycles. The Balaban J connectivity index is 0.963. The quantitative estimate of drug-likeness (QED) is 0.162. The van der Waals surface area contributed by atoms with E-state index in [1.54, 1.807) is 0 Å². The molecule has 0 aliphatic rings. The van der Waals surface area contributed by atoms with Crippen LogP contribution in [-0.2, 0) is 0 Å². The van der Waals surface area contributed by atoms with Crippen molar-refractivity contribution in [3.05, 3.63) is 224 Å². The van der Waals surface area contributed by atoms with Gasteiger partial charge in [-0.2, -0.15) is 0 Å². The van der Waals surface area contributed by atoms with Crippen LogP contribution in [0.5, 0.6) is 0 Å². The van der Waals surface area contributed by atoms with Gasteiger partial charge in [0, 0.05) is 28.0 Å². The van der Waals surface area contributed by atoms with Crippen molar-refractivity contribution in [2.24, 2.45) is 0 Å². The van der Waals surface area contributed by atoms with E-state index in [-0.39, 0.29) is 0 Å². The van der Waals surface area contributed by atoms with Gasteiger partial charge in [0.25, 0.3) is 0 Å². The maximum atomic E-state index is 6.21. The van der Waals surface area contributed by atoms with Crippen LogP contribution in [0.1, 0.15) is 0 Å². The molecule has 0 N–H and O–H groups in total. The van der Waals surface area contributed by atoms with E-state index < -0.39 is 0 Å². The topological polar surface area (TPSA) is 16.4 Å². The Morgan fingerprint density at radius 2 is 0.793 bits per heavy atom. The number of para-hydroxylation sites is 1. The van der Waals surface area contributed by atoms with Crippen LogP contribution in [0, 0.1) is 0 Å². The number of anilines is 3. The summed E-state index contributed by atoms with van der Waals surface area (Å²) < 4.78 is 6.21. The molecule has 0 saturated heterocycles. The van der Waals surface area contributed by atoms with Gasteiger partial charge >= 0.3 is 0 Å². The second-order valence-electron chi connectivity index (χ2n) is 15.0. The van der Waals surface area contributed by atoms with Gasteiger partial charge in [-0.1, -0.05) is 158 Å². The van der Waals surface area contributed by atoms with Crippen molar-refractivity contribution in [3.63, 3.8) is 0 Å². The number of nitrogens with zero attached hydrogens (tertiary/aromatic N) is 1. The Bertz CT molecular complexity index is 3240. The average molecular weight is 740 g/mol. The van der Waals surface area contributed by atoms with Gasteiger partial charge in [-0.3, -0.25) is 0 Å². The molecule has 0 atom stereocenters. The number of rotatable bonds is 7. The largest absolute Gasteiger partial charge is 0.456 e. The Hall–Kier alpha value is -7.68. The molecule has 0 amide bonds. The number of benzene rings is 10. The molecule has 10 aromatic carbocycles. The lowest BCUT2D eigenvalue weighted by Gasteiger charge is -2.26. The van der Waals surface area contributed by atoms with E-state index in [1.165, 1.54) is 60.1 Å². The fourth-order valence-electron chi connectivity index (χ4n) is 8.41. The second-order valence-corrected chi connectivity index (χ2v) is 15.0. The summed E-state index contributed by atoms with van der Waals surface area (Å²) in [5, 5.41) is 8.48. The van der Waals surface area contributed by atoms with Crippen LogP contribution in [-0.4, -0.2) is 0 Å². The van der Waals surface area contributed by atoms with E-state index in [4.69, 9.17) is 4.42 Å². The lowest BCUT2D eigenvalue weighted by molar-refractivity contribution is 0.631. The summed E-state index contributed by atoms with van der Waals surface area (Å²) in [6.07, 6.45) is 0. The molecule has 58 heavy (non-hydrogen) atoms. The summed E-state index contributed by atoms with van der Waals surface area (Å²) in [6, 6.07) is 80.8. The first-order valence-corrected chi connectivity index (χ1v) is 19.8. The minimum absolute atomic E-state index is 0.879. The van der Waals surface area contributed by atoms with Crippen LogP contribution in [0.4, 0.5) is 17.1 Å².